The molecule has 190 valence electrons. The molecule has 9 nitrogen and oxygen atoms in total. The molecule has 35 heavy (non-hydrogen) atoms. The molecule has 0 bridgehead atoms. The summed E-state index contributed by atoms with van der Waals surface area (Å²) in [7, 11) is 0.379. The van der Waals surface area contributed by atoms with Crippen LogP contribution in [0.25, 0.3) is 0 Å². The number of pyridine rings is 1. The molecule has 2 aliphatic heterocycles. The summed E-state index contributed by atoms with van der Waals surface area (Å²) in [6.07, 6.45) is 3.72. The van der Waals surface area contributed by atoms with E-state index in [1.807, 2.05) is 39.0 Å². The number of anilines is 2. The predicted molar refractivity (Wildman–Crippen MR) is 134 cm³/mol. The van der Waals surface area contributed by atoms with E-state index in [0.29, 0.717) is 19.0 Å². The maximum atomic E-state index is 12.5. The van der Waals surface area contributed by atoms with Gasteiger partial charge in [0.25, 0.3) is 0 Å². The minimum Gasteiger partial charge on any atom is -0.444 e. The highest BCUT2D eigenvalue weighted by Crippen LogP contribution is 2.52. The molecule has 10 heteroatoms. The highest BCUT2D eigenvalue weighted by Gasteiger charge is 2.55. The summed E-state index contributed by atoms with van der Waals surface area (Å²) in [5.41, 5.74) is 0.458. The van der Waals surface area contributed by atoms with Crippen LogP contribution in [0.15, 0.2) is 29.6 Å². The molecule has 0 N–H and O–H groups in total. The van der Waals surface area contributed by atoms with E-state index in [9.17, 15) is 9.00 Å². The zero-order valence-corrected chi connectivity index (χ0v) is 22.6. The lowest BCUT2D eigenvalue weighted by Gasteiger charge is -2.46. The van der Waals surface area contributed by atoms with Crippen molar-refractivity contribution in [2.24, 2.45) is 0 Å². The lowest BCUT2D eigenvalue weighted by Crippen LogP contribution is -2.54. The molecular formula is C25H35N5O4S. The fraction of sp³-hybridized carbons (Fsp3) is 0.600. The number of fused-ring (bicyclic) bond motifs is 3. The van der Waals surface area contributed by atoms with E-state index in [1.54, 1.807) is 19.5 Å². The molecule has 2 aliphatic rings. The fourth-order valence-corrected chi connectivity index (χ4v) is 5.08. The van der Waals surface area contributed by atoms with Crippen molar-refractivity contribution in [3.05, 3.63) is 35.7 Å². The number of hydrogen-bond donors (Lipinski definition) is 0. The first-order chi connectivity index (χ1) is 16.2. The van der Waals surface area contributed by atoms with E-state index in [2.05, 4.69) is 30.7 Å². The van der Waals surface area contributed by atoms with Crippen LogP contribution in [0.3, 0.4) is 0 Å². The molecule has 1 fully saturated rings. The van der Waals surface area contributed by atoms with Gasteiger partial charge in [-0.25, -0.2) is 19.7 Å². The predicted octanol–water partition coefficient (Wildman–Crippen LogP) is 3.95. The maximum Gasteiger partial charge on any atom is 0.410 e. The van der Waals surface area contributed by atoms with E-state index < -0.39 is 22.5 Å². The highest BCUT2D eigenvalue weighted by molar-refractivity contribution is 7.84. The van der Waals surface area contributed by atoms with Crippen molar-refractivity contribution in [3.63, 3.8) is 0 Å². The van der Waals surface area contributed by atoms with Crippen molar-refractivity contribution < 1.29 is 18.5 Å². The third-order valence-corrected chi connectivity index (χ3v) is 7.20. The average Bonchev–Trinajstić information content (AvgIpc) is 2.99. The van der Waals surface area contributed by atoms with Gasteiger partial charge in [0.1, 0.15) is 17.2 Å². The molecule has 0 saturated carbocycles. The number of ether oxygens (including phenoxy) is 2. The smallest absolute Gasteiger partial charge is 0.410 e. The third kappa shape index (κ3) is 5.04. The van der Waals surface area contributed by atoms with Gasteiger partial charge in [0, 0.05) is 30.5 Å². The summed E-state index contributed by atoms with van der Waals surface area (Å²) >= 11 is 0. The lowest BCUT2D eigenvalue weighted by molar-refractivity contribution is -0.0893. The minimum absolute atomic E-state index is 0.0300. The van der Waals surface area contributed by atoms with Gasteiger partial charge >= 0.3 is 6.09 Å². The van der Waals surface area contributed by atoms with Gasteiger partial charge in [0.2, 0.25) is 5.16 Å². The van der Waals surface area contributed by atoms with Gasteiger partial charge in [-0.1, -0.05) is 13.0 Å². The molecule has 2 aromatic heterocycles. The molecule has 4 rings (SSSR count). The van der Waals surface area contributed by atoms with E-state index >= 15 is 0 Å². The van der Waals surface area contributed by atoms with Crippen LogP contribution in [-0.2, 0) is 32.2 Å². The van der Waals surface area contributed by atoms with Crippen molar-refractivity contribution in [1.29, 1.82) is 0 Å². The summed E-state index contributed by atoms with van der Waals surface area (Å²) in [6, 6.07) is 5.80. The van der Waals surface area contributed by atoms with Crippen molar-refractivity contribution in [2.75, 3.05) is 24.8 Å². The summed E-state index contributed by atoms with van der Waals surface area (Å²) in [4.78, 5) is 30.1. The first kappa shape index (κ1) is 25.5. The van der Waals surface area contributed by atoms with Crippen LogP contribution >= 0.6 is 0 Å². The zero-order valence-electron chi connectivity index (χ0n) is 21.8. The lowest BCUT2D eigenvalue weighted by atomic mass is 9.73. The molecular weight excluding hydrogens is 466 g/mol. The van der Waals surface area contributed by atoms with Gasteiger partial charge in [-0.3, -0.25) is 4.21 Å². The van der Waals surface area contributed by atoms with Crippen LogP contribution in [0.1, 0.15) is 59.2 Å². The van der Waals surface area contributed by atoms with Crippen LogP contribution in [-0.4, -0.2) is 67.3 Å². The Balaban J connectivity index is 1.72. The molecule has 0 radical (unpaired) electrons. The van der Waals surface area contributed by atoms with Crippen molar-refractivity contribution in [3.8, 4) is 0 Å². The second kappa shape index (κ2) is 8.81. The Bertz CT molecular complexity index is 1160. The molecule has 0 aromatic carbocycles. The number of carbonyl (C=O) groups is 1. The van der Waals surface area contributed by atoms with E-state index in [0.717, 1.165) is 23.5 Å². The van der Waals surface area contributed by atoms with Crippen LogP contribution in [0, 0.1) is 0 Å². The topological polar surface area (TPSA) is 97.8 Å². The van der Waals surface area contributed by atoms with Crippen molar-refractivity contribution >= 4 is 28.5 Å². The first-order valence-electron chi connectivity index (χ1n) is 11.7. The summed E-state index contributed by atoms with van der Waals surface area (Å²) < 4.78 is 23.9. The fourth-order valence-electron chi connectivity index (χ4n) is 4.66. The Labute approximate surface area is 209 Å². The Morgan fingerprint density at radius 2 is 2.00 bits per heavy atom. The largest absolute Gasteiger partial charge is 0.444 e. The van der Waals surface area contributed by atoms with Gasteiger partial charge in [-0.15, -0.1) is 0 Å². The van der Waals surface area contributed by atoms with Gasteiger partial charge in [0.05, 0.1) is 41.3 Å². The minimum atomic E-state index is -1.32. The second-order valence-electron chi connectivity index (χ2n) is 11.2. The van der Waals surface area contributed by atoms with Crippen LogP contribution in [0.4, 0.5) is 16.4 Å². The average molecular weight is 502 g/mol. The summed E-state index contributed by atoms with van der Waals surface area (Å²) in [5.74, 6) is 1.43. The number of hydrogen-bond acceptors (Lipinski definition) is 8. The normalized spacial score (nSPS) is 23.9. The van der Waals surface area contributed by atoms with E-state index in [4.69, 9.17) is 19.4 Å². The number of rotatable bonds is 4. The van der Waals surface area contributed by atoms with Crippen LogP contribution < -0.4 is 4.90 Å². The Morgan fingerprint density at radius 1 is 1.29 bits per heavy atom. The van der Waals surface area contributed by atoms with Crippen molar-refractivity contribution in [1.82, 2.24) is 19.9 Å². The SMILES string of the molecule is CN(Cc1cccc(N2c3nc([S@@](C)=O)ncc3[C@@]3(C)COC(C)(C)C[C@@H]23)n1)C(=O)OC(C)(C)C. The molecule has 0 aliphatic carbocycles. The van der Waals surface area contributed by atoms with Crippen LogP contribution in [0.2, 0.25) is 0 Å². The zero-order chi connectivity index (χ0) is 25.8. The molecule has 2 aromatic rings. The second-order valence-corrected chi connectivity index (χ2v) is 12.5. The van der Waals surface area contributed by atoms with Gasteiger partial charge in [0.15, 0.2) is 0 Å². The van der Waals surface area contributed by atoms with E-state index in [1.165, 1.54) is 4.90 Å². The van der Waals surface area contributed by atoms with Gasteiger partial charge in [-0.2, -0.15) is 0 Å². The van der Waals surface area contributed by atoms with Gasteiger partial charge in [-0.05, 0) is 53.2 Å². The van der Waals surface area contributed by atoms with Crippen molar-refractivity contribution in [2.45, 2.75) is 82.3 Å². The number of carbonyl (C=O) groups excluding carboxylic acids is 1. The quantitative estimate of drug-likeness (QED) is 0.581. The van der Waals surface area contributed by atoms with Gasteiger partial charge < -0.3 is 19.3 Å². The number of nitrogens with zero attached hydrogens (tertiary/aromatic N) is 5. The molecule has 0 unspecified atom stereocenters. The Kier molecular flexibility index (Phi) is 6.42. The summed E-state index contributed by atoms with van der Waals surface area (Å²) in [5, 5.41) is 0.289. The number of amides is 1. The summed E-state index contributed by atoms with van der Waals surface area (Å²) in [6.45, 7) is 12.7. The molecule has 1 amide bonds. The first-order valence-corrected chi connectivity index (χ1v) is 13.3. The molecule has 1 saturated heterocycles. The van der Waals surface area contributed by atoms with Crippen LogP contribution in [0.5, 0.6) is 0 Å². The Hall–Kier alpha value is -2.59. The molecule has 3 atom stereocenters. The Morgan fingerprint density at radius 3 is 2.66 bits per heavy atom. The monoisotopic (exact) mass is 501 g/mol. The maximum absolute atomic E-state index is 12.5. The molecule has 0 spiro atoms. The number of aromatic nitrogens is 3. The molecule has 4 heterocycles. The van der Waals surface area contributed by atoms with E-state index in [-0.39, 0.29) is 22.2 Å². The standard InChI is InChI=1S/C25H35N5O4S/c1-23(2,3)34-22(31)29(7)14-16-10-9-11-19(27-16)30-18-12-24(4,5)33-15-25(18,6)17-13-26-21(35(8)32)28-20(17)30/h9-11,13,18H,12,14-15H2,1-8H3/t18-,25-,35-/m1/s1. The third-order valence-electron chi connectivity index (χ3n) is 6.49. The highest BCUT2D eigenvalue weighted by atomic mass is 32.2.